The highest BCUT2D eigenvalue weighted by molar-refractivity contribution is 6.07. The van der Waals surface area contributed by atoms with Crippen molar-refractivity contribution in [3.63, 3.8) is 0 Å². The largest absolute Gasteiger partial charge is 0.469 e. The second-order valence-electron chi connectivity index (χ2n) is 16.1. The first-order chi connectivity index (χ1) is 25.6. The van der Waals surface area contributed by atoms with Crippen molar-refractivity contribution in [2.75, 3.05) is 5.32 Å². The lowest BCUT2D eigenvalue weighted by atomic mass is 9.71. The van der Waals surface area contributed by atoms with Crippen LogP contribution in [-0.2, 0) is 21.4 Å². The number of benzene rings is 3. The number of hydrogen-bond donors (Lipinski definition) is 3. The van der Waals surface area contributed by atoms with Crippen molar-refractivity contribution in [3.05, 3.63) is 95.3 Å². The number of ketones is 1. The zero-order chi connectivity index (χ0) is 36.4. The summed E-state index contributed by atoms with van der Waals surface area (Å²) < 4.78 is 20.6. The second kappa shape index (κ2) is 11.2. The predicted octanol–water partition coefficient (Wildman–Crippen LogP) is 8.71. The van der Waals surface area contributed by atoms with Crippen molar-refractivity contribution in [2.45, 2.75) is 78.0 Å². The summed E-state index contributed by atoms with van der Waals surface area (Å²) in [7, 11) is 0. The molecule has 10 bridgehead atoms. The van der Waals surface area contributed by atoms with E-state index in [9.17, 15) is 9.59 Å². The molecular formula is C43H41N5O5. The number of Topliss-reactive ketones (excluding diaryl/α,β-unsaturated/α-hetero) is 1. The summed E-state index contributed by atoms with van der Waals surface area (Å²) in [5.41, 5.74) is 6.61. The molecule has 4 aliphatic heterocycles. The van der Waals surface area contributed by atoms with E-state index in [2.05, 4.69) is 65.0 Å². The van der Waals surface area contributed by atoms with Gasteiger partial charge in [0.25, 0.3) is 0 Å². The Hall–Kier alpha value is -5.64. The highest BCUT2D eigenvalue weighted by Crippen LogP contribution is 2.61. The van der Waals surface area contributed by atoms with E-state index >= 15 is 0 Å². The molecule has 3 aromatic heterocycles. The summed E-state index contributed by atoms with van der Waals surface area (Å²) >= 11 is 0. The number of para-hydroxylation sites is 1. The summed E-state index contributed by atoms with van der Waals surface area (Å²) in [6.45, 7) is 10.1. The smallest absolute Gasteiger partial charge is 0.249 e. The Morgan fingerprint density at radius 2 is 1.85 bits per heavy atom. The van der Waals surface area contributed by atoms with Gasteiger partial charge in [-0.2, -0.15) is 0 Å². The second-order valence-corrected chi connectivity index (χ2v) is 16.1. The van der Waals surface area contributed by atoms with E-state index in [-0.39, 0.29) is 24.0 Å². The lowest BCUT2D eigenvalue weighted by molar-refractivity contribution is -0.134. The molecule has 10 heteroatoms. The van der Waals surface area contributed by atoms with Gasteiger partial charge in [-0.05, 0) is 42.0 Å². The number of rotatable bonds is 6. The molecule has 0 aliphatic carbocycles. The zero-order valence-corrected chi connectivity index (χ0v) is 30.4. The normalized spacial score (nSPS) is 22.1. The predicted molar refractivity (Wildman–Crippen MR) is 200 cm³/mol. The number of carbonyl (C=O) groups excluding carboxylic acids is 2. The van der Waals surface area contributed by atoms with Crippen LogP contribution in [0.5, 0.6) is 5.75 Å². The van der Waals surface area contributed by atoms with Gasteiger partial charge in [-0.25, -0.2) is 9.97 Å². The van der Waals surface area contributed by atoms with E-state index in [1.165, 1.54) is 0 Å². The van der Waals surface area contributed by atoms with Crippen LogP contribution in [0.3, 0.4) is 0 Å². The standard InChI is InChI=1S/C43H41N5O5/c1-6-15-42(4,5)32(49)18-23-16-22-13-14-30-28(17-22)43-27-11-7-10-25(35(27)48-41(43)52-30)24-9-8-12-29-33(24)26(19-44-29)31-20-45-39(51-31)36-37(43)53-40(47-36)34(21(2)3)46-38(23)50/h7-14,17,19-21,23,34,41,44,48H,6,15-16,18H2,1-5H3,(H,46,50)/t23-,34+,41+,43?/m1/s1. The number of aromatic nitrogens is 3. The average Bonchev–Trinajstić information content (AvgIpc) is 3.96. The lowest BCUT2D eigenvalue weighted by Crippen LogP contribution is -2.41. The molecule has 7 heterocycles. The molecule has 0 saturated heterocycles. The Bertz CT molecular complexity index is 2500. The van der Waals surface area contributed by atoms with Crippen LogP contribution in [0.15, 0.2) is 75.8 Å². The molecule has 3 N–H and O–H groups in total. The van der Waals surface area contributed by atoms with Crippen LogP contribution in [0.2, 0.25) is 0 Å². The molecule has 1 spiro atoms. The van der Waals surface area contributed by atoms with Gasteiger partial charge >= 0.3 is 0 Å². The number of hydrogen-bond acceptors (Lipinski definition) is 8. The third kappa shape index (κ3) is 4.44. The van der Waals surface area contributed by atoms with Crippen molar-refractivity contribution in [3.8, 4) is 39.8 Å². The Morgan fingerprint density at radius 1 is 1.02 bits per heavy atom. The Labute approximate surface area is 306 Å². The lowest BCUT2D eigenvalue weighted by Gasteiger charge is -2.29. The fourth-order valence-electron chi connectivity index (χ4n) is 9.24. The number of nitrogens with zero attached hydrogens (tertiary/aromatic N) is 2. The fourth-order valence-corrected chi connectivity index (χ4v) is 9.24. The topological polar surface area (TPSA) is 135 Å². The van der Waals surface area contributed by atoms with Crippen LogP contribution in [0.25, 0.3) is 44.9 Å². The summed E-state index contributed by atoms with van der Waals surface area (Å²) in [6, 6.07) is 18.2. The molecule has 10 rings (SSSR count). The summed E-state index contributed by atoms with van der Waals surface area (Å²) in [6.07, 6.45) is 5.27. The number of nitrogens with one attached hydrogen (secondary N) is 3. The maximum absolute atomic E-state index is 14.4. The summed E-state index contributed by atoms with van der Waals surface area (Å²) in [5, 5.41) is 8.12. The number of fused-ring (bicyclic) bond motifs is 7. The van der Waals surface area contributed by atoms with Crippen LogP contribution in [0.1, 0.15) is 88.3 Å². The monoisotopic (exact) mass is 707 g/mol. The third-order valence-corrected chi connectivity index (χ3v) is 12.0. The molecular weight excluding hydrogens is 667 g/mol. The minimum Gasteiger partial charge on any atom is -0.469 e. The van der Waals surface area contributed by atoms with Crippen molar-refractivity contribution < 1.29 is 23.2 Å². The van der Waals surface area contributed by atoms with E-state index in [4.69, 9.17) is 23.5 Å². The Morgan fingerprint density at radius 3 is 2.68 bits per heavy atom. The number of oxazole rings is 2. The highest BCUT2D eigenvalue weighted by atomic mass is 16.5. The minimum atomic E-state index is -1.00. The van der Waals surface area contributed by atoms with E-state index < -0.39 is 29.0 Å². The zero-order valence-electron chi connectivity index (χ0n) is 30.4. The molecule has 0 fully saturated rings. The first-order valence-electron chi connectivity index (χ1n) is 18.7. The number of amides is 1. The van der Waals surface area contributed by atoms with Crippen molar-refractivity contribution in [1.82, 2.24) is 20.3 Å². The molecule has 4 aliphatic rings. The molecule has 3 aromatic carbocycles. The third-order valence-electron chi connectivity index (χ3n) is 12.0. The van der Waals surface area contributed by atoms with Gasteiger partial charge in [0.15, 0.2) is 23.4 Å². The van der Waals surface area contributed by atoms with Gasteiger partial charge in [-0.3, -0.25) is 9.59 Å². The SMILES string of the molecule is CCCC(C)(C)C(=O)C[C@H]1Cc2ccc3c(c2)C24c5cccc(c5N[C@H]2O3)-c2cccc3[nH]cc(c23)-c2cnc(o2)-c2nc(oc24)[C@H](C(C)C)NC1=O. The van der Waals surface area contributed by atoms with E-state index in [1.807, 2.05) is 46.0 Å². The molecule has 0 saturated carbocycles. The van der Waals surface area contributed by atoms with E-state index in [1.54, 1.807) is 6.20 Å². The quantitative estimate of drug-likeness (QED) is 0.157. The van der Waals surface area contributed by atoms with Gasteiger partial charge in [0.1, 0.15) is 23.0 Å². The van der Waals surface area contributed by atoms with Gasteiger partial charge in [-0.15, -0.1) is 0 Å². The average molecular weight is 708 g/mol. The Kier molecular flexibility index (Phi) is 6.76. The molecule has 6 aromatic rings. The van der Waals surface area contributed by atoms with Gasteiger partial charge in [0, 0.05) is 62.8 Å². The number of H-pyrrole nitrogens is 1. The van der Waals surface area contributed by atoms with Gasteiger partial charge < -0.3 is 29.2 Å². The van der Waals surface area contributed by atoms with Crippen molar-refractivity contribution in [2.24, 2.45) is 17.3 Å². The van der Waals surface area contributed by atoms with Crippen LogP contribution in [-0.4, -0.2) is 32.9 Å². The summed E-state index contributed by atoms with van der Waals surface area (Å²) in [5.74, 6) is 1.69. The number of aromatic amines is 1. The highest BCUT2D eigenvalue weighted by Gasteiger charge is 2.61. The number of anilines is 1. The van der Waals surface area contributed by atoms with Crippen LogP contribution in [0, 0.1) is 17.3 Å². The molecule has 268 valence electrons. The fraction of sp³-hybridized carbons (Fsp3) is 0.349. The molecule has 1 amide bonds. The molecule has 53 heavy (non-hydrogen) atoms. The van der Waals surface area contributed by atoms with Gasteiger partial charge in [0.05, 0.1) is 6.20 Å². The van der Waals surface area contributed by atoms with Gasteiger partial charge in [0.2, 0.25) is 17.7 Å². The van der Waals surface area contributed by atoms with Crippen molar-refractivity contribution in [1.29, 1.82) is 0 Å². The Balaban J connectivity index is 1.26. The maximum atomic E-state index is 14.4. The molecule has 1 unspecified atom stereocenters. The first kappa shape index (κ1) is 32.0. The molecule has 10 nitrogen and oxygen atoms in total. The van der Waals surface area contributed by atoms with E-state index in [0.29, 0.717) is 41.2 Å². The van der Waals surface area contributed by atoms with Crippen LogP contribution < -0.4 is 15.4 Å². The minimum absolute atomic E-state index is 0.0845. The first-order valence-corrected chi connectivity index (χ1v) is 18.7. The number of ether oxygens (including phenoxy) is 1. The molecule has 4 atom stereocenters. The summed E-state index contributed by atoms with van der Waals surface area (Å²) in [4.78, 5) is 41.6. The van der Waals surface area contributed by atoms with Gasteiger partial charge in [-0.1, -0.05) is 83.5 Å². The van der Waals surface area contributed by atoms with Crippen LogP contribution in [0.4, 0.5) is 5.69 Å². The van der Waals surface area contributed by atoms with Crippen LogP contribution >= 0.6 is 0 Å². The molecule has 0 radical (unpaired) electrons. The van der Waals surface area contributed by atoms with E-state index in [0.717, 1.165) is 62.8 Å². The van der Waals surface area contributed by atoms with Crippen molar-refractivity contribution >= 4 is 28.3 Å². The number of carbonyl (C=O) groups is 2. The maximum Gasteiger partial charge on any atom is 0.249 e.